The maximum Gasteiger partial charge on any atom is 0.355 e. The fourth-order valence-corrected chi connectivity index (χ4v) is 3.18. The molecular formula is C21H20N2O4S. The van der Waals surface area contributed by atoms with Crippen LogP contribution in [0.3, 0.4) is 0 Å². The van der Waals surface area contributed by atoms with E-state index in [1.807, 2.05) is 18.2 Å². The van der Waals surface area contributed by atoms with E-state index in [1.54, 1.807) is 50.4 Å². The molecule has 0 radical (unpaired) electrons. The molecule has 28 heavy (non-hydrogen) atoms. The number of carbonyl (C=O) groups is 2. The van der Waals surface area contributed by atoms with Gasteiger partial charge in [-0.15, -0.1) is 0 Å². The van der Waals surface area contributed by atoms with Crippen molar-refractivity contribution < 1.29 is 19.1 Å². The number of esters is 1. The summed E-state index contributed by atoms with van der Waals surface area (Å²) in [5.41, 5.74) is 1.55. The van der Waals surface area contributed by atoms with Crippen LogP contribution in [0, 0.1) is 0 Å². The van der Waals surface area contributed by atoms with Gasteiger partial charge in [0.15, 0.2) is 10.9 Å². The van der Waals surface area contributed by atoms with Gasteiger partial charge in [-0.3, -0.25) is 4.79 Å². The fraction of sp³-hybridized carbons (Fsp3) is 0.190. The van der Waals surface area contributed by atoms with Gasteiger partial charge in [-0.05, 0) is 36.8 Å². The van der Waals surface area contributed by atoms with E-state index in [0.717, 1.165) is 5.56 Å². The number of Topliss-reactive ketones (excluding diaryl/α,β-unsaturated/α-hetero) is 1. The molecule has 7 heteroatoms. The number of thiocarbonyl (C=S) groups is 1. The predicted octanol–water partition coefficient (Wildman–Crippen LogP) is 2.91. The zero-order valence-corrected chi connectivity index (χ0v) is 16.3. The van der Waals surface area contributed by atoms with Gasteiger partial charge >= 0.3 is 5.97 Å². The van der Waals surface area contributed by atoms with Crippen molar-refractivity contribution in [3.05, 3.63) is 77.0 Å². The normalized spacial score (nSPS) is 16.1. The lowest BCUT2D eigenvalue weighted by Crippen LogP contribution is -2.47. The van der Waals surface area contributed by atoms with Crippen LogP contribution in [0.1, 0.15) is 28.9 Å². The Kier molecular flexibility index (Phi) is 6.06. The molecule has 0 aliphatic carbocycles. The Morgan fingerprint density at radius 3 is 2.36 bits per heavy atom. The summed E-state index contributed by atoms with van der Waals surface area (Å²) in [5, 5.41) is 6.14. The topological polar surface area (TPSA) is 76.7 Å². The summed E-state index contributed by atoms with van der Waals surface area (Å²) in [6.07, 6.45) is 0. The van der Waals surface area contributed by atoms with E-state index in [1.165, 1.54) is 0 Å². The highest BCUT2D eigenvalue weighted by Crippen LogP contribution is 2.31. The van der Waals surface area contributed by atoms with Gasteiger partial charge in [-0.25, -0.2) is 4.79 Å². The van der Waals surface area contributed by atoms with Crippen LogP contribution in [-0.4, -0.2) is 30.6 Å². The van der Waals surface area contributed by atoms with Crippen molar-refractivity contribution >= 4 is 29.1 Å². The largest absolute Gasteiger partial charge is 0.497 e. The van der Waals surface area contributed by atoms with Gasteiger partial charge in [-0.2, -0.15) is 0 Å². The fourth-order valence-electron chi connectivity index (χ4n) is 2.96. The summed E-state index contributed by atoms with van der Waals surface area (Å²) in [6.45, 7) is 1.89. The molecule has 0 saturated heterocycles. The zero-order chi connectivity index (χ0) is 20.1. The number of benzene rings is 2. The lowest BCUT2D eigenvalue weighted by Gasteiger charge is -2.30. The van der Waals surface area contributed by atoms with Crippen molar-refractivity contribution in [2.45, 2.75) is 13.0 Å². The molecule has 0 fully saturated rings. The number of nitrogens with one attached hydrogen (secondary N) is 2. The monoisotopic (exact) mass is 396 g/mol. The molecule has 0 unspecified atom stereocenters. The van der Waals surface area contributed by atoms with Gasteiger partial charge in [-0.1, -0.05) is 42.5 Å². The van der Waals surface area contributed by atoms with Crippen LogP contribution in [0.4, 0.5) is 0 Å². The van der Waals surface area contributed by atoms with Gasteiger partial charge in [0.05, 0.1) is 25.3 Å². The molecule has 0 spiro atoms. The lowest BCUT2D eigenvalue weighted by molar-refractivity contribution is -0.138. The first-order chi connectivity index (χ1) is 13.5. The molecule has 0 aromatic heterocycles. The number of hydrogen-bond donors (Lipinski definition) is 2. The Morgan fingerprint density at radius 2 is 1.75 bits per heavy atom. The Morgan fingerprint density at radius 1 is 1.07 bits per heavy atom. The van der Waals surface area contributed by atoms with Gasteiger partial charge in [0.1, 0.15) is 11.4 Å². The first-order valence-corrected chi connectivity index (χ1v) is 9.18. The molecule has 1 aliphatic rings. The van der Waals surface area contributed by atoms with Crippen molar-refractivity contribution in [2.24, 2.45) is 0 Å². The zero-order valence-electron chi connectivity index (χ0n) is 15.5. The minimum atomic E-state index is -0.621. The van der Waals surface area contributed by atoms with Gasteiger partial charge < -0.3 is 20.1 Å². The van der Waals surface area contributed by atoms with Crippen molar-refractivity contribution in [1.29, 1.82) is 0 Å². The van der Waals surface area contributed by atoms with Crippen LogP contribution >= 0.6 is 12.2 Å². The summed E-state index contributed by atoms with van der Waals surface area (Å²) in [5.74, 6) is -0.220. The average Bonchev–Trinajstić information content (AvgIpc) is 2.73. The number of carbonyl (C=O) groups excluding carboxylic acids is 2. The molecule has 2 N–H and O–H groups in total. The molecular weight excluding hydrogens is 376 g/mol. The second-order valence-electron chi connectivity index (χ2n) is 6.01. The molecule has 1 heterocycles. The Balaban J connectivity index is 2.14. The van der Waals surface area contributed by atoms with Crippen molar-refractivity contribution in [1.82, 2.24) is 10.6 Å². The standard InChI is InChI=1S/C21H20N2O4S/c1-3-27-20(25)18-16(19(24)14-7-5-4-6-8-14)17(22-21(28)23-18)13-9-11-15(26-2)12-10-13/h4-12,17H,3H2,1-2H3,(H2,22,23,28)/t17-/m0/s1. The maximum atomic E-state index is 13.3. The third-order valence-corrected chi connectivity index (χ3v) is 4.50. The quantitative estimate of drug-likeness (QED) is 0.442. The summed E-state index contributed by atoms with van der Waals surface area (Å²) in [6, 6.07) is 15.4. The van der Waals surface area contributed by atoms with E-state index in [9.17, 15) is 9.59 Å². The molecule has 0 amide bonds. The molecule has 1 aliphatic heterocycles. The summed E-state index contributed by atoms with van der Waals surface area (Å²) >= 11 is 5.27. The minimum absolute atomic E-state index is 0.0558. The highest BCUT2D eigenvalue weighted by Gasteiger charge is 2.35. The van der Waals surface area contributed by atoms with E-state index in [-0.39, 0.29) is 28.8 Å². The van der Waals surface area contributed by atoms with Crippen molar-refractivity contribution in [3.8, 4) is 5.75 Å². The molecule has 2 aromatic carbocycles. The van der Waals surface area contributed by atoms with E-state index in [4.69, 9.17) is 21.7 Å². The second kappa shape index (κ2) is 8.67. The Bertz CT molecular complexity index is 923. The number of ketones is 1. The molecule has 6 nitrogen and oxygen atoms in total. The highest BCUT2D eigenvalue weighted by molar-refractivity contribution is 7.80. The SMILES string of the molecule is CCOC(=O)C1=C(C(=O)c2ccccc2)[C@H](c2ccc(OC)cc2)NC(=S)N1. The van der Waals surface area contributed by atoms with Crippen LogP contribution in [0.5, 0.6) is 5.75 Å². The lowest BCUT2D eigenvalue weighted by atomic mass is 9.89. The molecule has 3 rings (SSSR count). The number of ether oxygens (including phenoxy) is 2. The number of methoxy groups -OCH3 is 1. The molecule has 144 valence electrons. The molecule has 1 atom stereocenters. The van der Waals surface area contributed by atoms with Crippen LogP contribution in [0.25, 0.3) is 0 Å². The molecule has 2 aromatic rings. The second-order valence-corrected chi connectivity index (χ2v) is 6.42. The average molecular weight is 396 g/mol. The number of rotatable bonds is 6. The van der Waals surface area contributed by atoms with Crippen LogP contribution in [0.15, 0.2) is 65.9 Å². The van der Waals surface area contributed by atoms with Crippen LogP contribution in [-0.2, 0) is 9.53 Å². The highest BCUT2D eigenvalue weighted by atomic mass is 32.1. The summed E-state index contributed by atoms with van der Waals surface area (Å²) in [4.78, 5) is 25.9. The van der Waals surface area contributed by atoms with E-state index < -0.39 is 12.0 Å². The van der Waals surface area contributed by atoms with Crippen LogP contribution in [0.2, 0.25) is 0 Å². The third-order valence-electron chi connectivity index (χ3n) is 4.28. The van der Waals surface area contributed by atoms with Gasteiger partial charge in [0.25, 0.3) is 0 Å². The number of hydrogen-bond acceptors (Lipinski definition) is 5. The maximum absolute atomic E-state index is 13.3. The first-order valence-electron chi connectivity index (χ1n) is 8.77. The van der Waals surface area contributed by atoms with Crippen molar-refractivity contribution in [3.63, 3.8) is 0 Å². The van der Waals surface area contributed by atoms with E-state index >= 15 is 0 Å². The van der Waals surface area contributed by atoms with Gasteiger partial charge in [0.2, 0.25) is 0 Å². The first kappa shape index (κ1) is 19.6. The Hall–Kier alpha value is -3.19. The minimum Gasteiger partial charge on any atom is -0.497 e. The van der Waals surface area contributed by atoms with Crippen LogP contribution < -0.4 is 15.4 Å². The summed E-state index contributed by atoms with van der Waals surface area (Å²) < 4.78 is 10.3. The van der Waals surface area contributed by atoms with Crippen molar-refractivity contribution in [2.75, 3.05) is 13.7 Å². The predicted molar refractivity (Wildman–Crippen MR) is 109 cm³/mol. The smallest absolute Gasteiger partial charge is 0.355 e. The third kappa shape index (κ3) is 4.04. The van der Waals surface area contributed by atoms with E-state index in [0.29, 0.717) is 11.3 Å². The Labute approximate surface area is 168 Å². The summed E-state index contributed by atoms with van der Waals surface area (Å²) in [7, 11) is 1.58. The molecule has 0 bridgehead atoms. The molecule has 0 saturated carbocycles. The van der Waals surface area contributed by atoms with Gasteiger partial charge in [0, 0.05) is 5.56 Å². The van der Waals surface area contributed by atoms with E-state index in [2.05, 4.69) is 10.6 Å².